The number of ether oxygens (including phenoxy) is 2. The Bertz CT molecular complexity index is 1320. The highest BCUT2D eigenvalue weighted by Crippen LogP contribution is 2.50. The van der Waals surface area contributed by atoms with Gasteiger partial charge in [-0.15, -0.1) is 23.1 Å². The molecule has 1 saturated carbocycles. The lowest BCUT2D eigenvalue weighted by Gasteiger charge is -2.31. The number of hydrogen-bond acceptors (Lipinski definition) is 10. The molecule has 1 saturated heterocycles. The topological polar surface area (TPSA) is 107 Å². The molecule has 196 valence electrons. The molecule has 37 heavy (non-hydrogen) atoms. The van der Waals surface area contributed by atoms with Gasteiger partial charge in [0, 0.05) is 17.7 Å². The van der Waals surface area contributed by atoms with Crippen LogP contribution in [0, 0.1) is 12.8 Å². The number of allylic oxidation sites excluding steroid dienone is 2. The van der Waals surface area contributed by atoms with Crippen LogP contribution in [0.3, 0.4) is 0 Å². The zero-order valence-corrected chi connectivity index (χ0v) is 23.3. The number of hydrogen-bond donors (Lipinski definition) is 3. The van der Waals surface area contributed by atoms with Crippen LogP contribution >= 0.6 is 23.1 Å². The molecule has 3 aliphatic rings. The van der Waals surface area contributed by atoms with E-state index in [1.54, 1.807) is 11.3 Å². The van der Waals surface area contributed by atoms with Crippen molar-refractivity contribution in [2.24, 2.45) is 11.7 Å². The number of rotatable bonds is 7. The summed E-state index contributed by atoms with van der Waals surface area (Å²) in [6, 6.07) is 8.19. The molecule has 4 N–H and O–H groups in total. The Labute approximate surface area is 225 Å². The van der Waals surface area contributed by atoms with Crippen LogP contribution in [-0.4, -0.2) is 50.9 Å². The maximum absolute atomic E-state index is 6.58. The second-order valence-electron chi connectivity index (χ2n) is 10.6. The summed E-state index contributed by atoms with van der Waals surface area (Å²) < 4.78 is 14.1. The molecule has 2 fully saturated rings. The number of benzene rings is 1. The molecule has 0 bridgehead atoms. The molecule has 0 radical (unpaired) electrons. The van der Waals surface area contributed by atoms with E-state index in [-0.39, 0.29) is 12.0 Å². The number of anilines is 2. The lowest BCUT2D eigenvalue weighted by atomic mass is 10.0. The molecule has 3 aromatic rings. The fourth-order valence-corrected chi connectivity index (χ4v) is 7.85. The number of thiazole rings is 1. The van der Waals surface area contributed by atoms with Crippen LogP contribution in [0.4, 0.5) is 11.8 Å². The third-order valence-electron chi connectivity index (χ3n) is 7.35. The SMILES string of the molecule is CC1=CCC(CNc2nc(C)c(-c3nc4ccccc4s3)c(N[C@]34CC[C@H](CN)[C@H]3OC(C)(C)O4)n2)S1. The number of para-hydroxylation sites is 1. The molecular weight excluding hydrogens is 504 g/mol. The number of aromatic nitrogens is 3. The summed E-state index contributed by atoms with van der Waals surface area (Å²) in [6.07, 6.45) is 4.91. The predicted octanol–water partition coefficient (Wildman–Crippen LogP) is 5.51. The monoisotopic (exact) mass is 538 g/mol. The number of aryl methyl sites for hydroxylation is 1. The standard InChI is InChI=1S/C27H34N6O2S2/c1-15-9-10-18(36-15)14-29-25-30-16(2)21(24-31-19-7-5-6-8-20(19)37-24)23(32-25)33-27-12-11-17(13-28)22(27)34-26(3,4)35-27/h5-9,17-18,22H,10-14,28H2,1-4H3,(H2,29,30,32,33)/t17-,18?,22-,27+/m1/s1. The Morgan fingerprint density at radius 2 is 2.00 bits per heavy atom. The molecular formula is C27H34N6O2S2. The van der Waals surface area contributed by atoms with Crippen LogP contribution in [0.5, 0.6) is 0 Å². The van der Waals surface area contributed by atoms with E-state index in [1.165, 1.54) is 4.91 Å². The molecule has 4 heterocycles. The zero-order valence-electron chi connectivity index (χ0n) is 21.7. The Kier molecular flexibility index (Phi) is 6.43. The fraction of sp³-hybridized carbons (Fsp3) is 0.519. The van der Waals surface area contributed by atoms with Crippen LogP contribution in [-0.2, 0) is 9.47 Å². The van der Waals surface area contributed by atoms with E-state index in [4.69, 9.17) is 30.2 Å². The molecule has 0 amide bonds. The molecule has 1 aromatic carbocycles. The minimum atomic E-state index is -0.713. The van der Waals surface area contributed by atoms with Crippen LogP contribution in [0.2, 0.25) is 0 Å². The lowest BCUT2D eigenvalue weighted by Crippen LogP contribution is -2.46. The van der Waals surface area contributed by atoms with Gasteiger partial charge in [0.2, 0.25) is 5.95 Å². The van der Waals surface area contributed by atoms with Crippen molar-refractivity contribution in [2.75, 3.05) is 23.7 Å². The minimum Gasteiger partial charge on any atom is -0.353 e. The van der Waals surface area contributed by atoms with Crippen molar-refractivity contribution >= 4 is 45.1 Å². The predicted molar refractivity (Wildman–Crippen MR) is 152 cm³/mol. The molecule has 4 atom stereocenters. The van der Waals surface area contributed by atoms with Crippen molar-refractivity contribution in [3.05, 3.63) is 40.9 Å². The molecule has 6 rings (SSSR count). The molecule has 10 heteroatoms. The number of thioether (sulfide) groups is 1. The summed E-state index contributed by atoms with van der Waals surface area (Å²) in [5.41, 5.74) is 8.17. The molecule has 2 aromatic heterocycles. The minimum absolute atomic E-state index is 0.161. The van der Waals surface area contributed by atoms with Crippen molar-refractivity contribution in [3.63, 3.8) is 0 Å². The summed E-state index contributed by atoms with van der Waals surface area (Å²) in [5.74, 6) is 0.826. The fourth-order valence-electron chi connectivity index (χ4n) is 5.71. The van der Waals surface area contributed by atoms with Crippen molar-refractivity contribution in [2.45, 2.75) is 69.8 Å². The highest BCUT2D eigenvalue weighted by atomic mass is 32.2. The van der Waals surface area contributed by atoms with Gasteiger partial charge in [-0.25, -0.2) is 9.97 Å². The quantitative estimate of drug-likeness (QED) is 0.359. The molecule has 2 aliphatic heterocycles. The van der Waals surface area contributed by atoms with Gasteiger partial charge in [0.15, 0.2) is 11.5 Å². The van der Waals surface area contributed by atoms with Gasteiger partial charge in [-0.3, -0.25) is 0 Å². The van der Waals surface area contributed by atoms with Gasteiger partial charge < -0.3 is 25.8 Å². The van der Waals surface area contributed by atoms with Gasteiger partial charge in [0.25, 0.3) is 0 Å². The summed E-state index contributed by atoms with van der Waals surface area (Å²) in [7, 11) is 0. The highest BCUT2D eigenvalue weighted by molar-refractivity contribution is 8.03. The molecule has 8 nitrogen and oxygen atoms in total. The first-order valence-electron chi connectivity index (χ1n) is 12.9. The van der Waals surface area contributed by atoms with E-state index in [0.717, 1.165) is 52.3 Å². The Hall–Kier alpha value is -2.24. The second kappa shape index (κ2) is 9.50. The average Bonchev–Trinajstić information content (AvgIpc) is 3.58. The first-order chi connectivity index (χ1) is 17.7. The maximum atomic E-state index is 6.58. The Morgan fingerprint density at radius 1 is 1.16 bits per heavy atom. The number of nitrogens with two attached hydrogens (primary N) is 1. The third-order valence-corrected chi connectivity index (χ3v) is 9.64. The largest absolute Gasteiger partial charge is 0.353 e. The zero-order chi connectivity index (χ0) is 25.8. The van der Waals surface area contributed by atoms with Gasteiger partial charge in [-0.05, 0) is 70.5 Å². The van der Waals surface area contributed by atoms with Gasteiger partial charge in [-0.1, -0.05) is 18.2 Å². The van der Waals surface area contributed by atoms with Crippen LogP contribution in [0.25, 0.3) is 20.8 Å². The van der Waals surface area contributed by atoms with E-state index in [1.807, 2.05) is 50.7 Å². The summed E-state index contributed by atoms with van der Waals surface area (Å²) in [4.78, 5) is 16.2. The first kappa shape index (κ1) is 25.1. The second-order valence-corrected chi connectivity index (χ2v) is 13.2. The molecule has 0 spiro atoms. The summed E-state index contributed by atoms with van der Waals surface area (Å²) in [5, 5.41) is 8.58. The summed E-state index contributed by atoms with van der Waals surface area (Å²) in [6.45, 7) is 9.47. The van der Waals surface area contributed by atoms with Crippen LogP contribution in [0.1, 0.15) is 45.7 Å². The van der Waals surface area contributed by atoms with Gasteiger partial charge >= 0.3 is 0 Å². The Balaban J connectivity index is 1.39. The van der Waals surface area contributed by atoms with Crippen molar-refractivity contribution < 1.29 is 9.47 Å². The van der Waals surface area contributed by atoms with Crippen molar-refractivity contribution in [1.29, 1.82) is 0 Å². The van der Waals surface area contributed by atoms with E-state index in [2.05, 4.69) is 29.7 Å². The molecule has 1 unspecified atom stereocenters. The van der Waals surface area contributed by atoms with E-state index < -0.39 is 11.5 Å². The maximum Gasteiger partial charge on any atom is 0.224 e. The van der Waals surface area contributed by atoms with Crippen molar-refractivity contribution in [1.82, 2.24) is 15.0 Å². The van der Waals surface area contributed by atoms with Crippen LogP contribution in [0.15, 0.2) is 35.2 Å². The summed E-state index contributed by atoms with van der Waals surface area (Å²) >= 11 is 3.56. The van der Waals surface area contributed by atoms with Gasteiger partial charge in [0.05, 0.1) is 21.5 Å². The van der Waals surface area contributed by atoms with E-state index >= 15 is 0 Å². The first-order valence-corrected chi connectivity index (χ1v) is 14.6. The van der Waals surface area contributed by atoms with Gasteiger partial charge in [0.1, 0.15) is 16.9 Å². The number of nitrogens with zero attached hydrogens (tertiary/aromatic N) is 3. The number of nitrogens with one attached hydrogen (secondary N) is 2. The van der Waals surface area contributed by atoms with Crippen molar-refractivity contribution in [3.8, 4) is 10.6 Å². The third kappa shape index (κ3) is 4.74. The number of fused-ring (bicyclic) bond motifs is 2. The van der Waals surface area contributed by atoms with Gasteiger partial charge in [-0.2, -0.15) is 4.98 Å². The van der Waals surface area contributed by atoms with E-state index in [9.17, 15) is 0 Å². The smallest absolute Gasteiger partial charge is 0.224 e. The highest BCUT2D eigenvalue weighted by Gasteiger charge is 2.60. The van der Waals surface area contributed by atoms with Crippen LogP contribution < -0.4 is 16.4 Å². The molecule has 1 aliphatic carbocycles. The average molecular weight is 539 g/mol. The Morgan fingerprint density at radius 3 is 2.76 bits per heavy atom. The lowest BCUT2D eigenvalue weighted by molar-refractivity contribution is -0.166. The normalized spacial score (nSPS) is 28.5. The van der Waals surface area contributed by atoms with E-state index in [0.29, 0.717) is 23.6 Å².